The molecule has 3 N–H and O–H groups in total. The summed E-state index contributed by atoms with van der Waals surface area (Å²) in [5, 5.41) is 3.36. The van der Waals surface area contributed by atoms with Gasteiger partial charge in [0.05, 0.1) is 0 Å². The van der Waals surface area contributed by atoms with Gasteiger partial charge >= 0.3 is 0 Å². The second kappa shape index (κ2) is 4.82. The van der Waals surface area contributed by atoms with Crippen LogP contribution in [-0.2, 0) is 6.42 Å². The Morgan fingerprint density at radius 3 is 2.92 bits per heavy atom. The van der Waals surface area contributed by atoms with Crippen molar-refractivity contribution in [3.63, 3.8) is 0 Å². The van der Waals surface area contributed by atoms with Gasteiger partial charge < -0.3 is 11.1 Å². The van der Waals surface area contributed by atoms with Gasteiger partial charge in [0.25, 0.3) is 0 Å². The number of nitrogens with zero attached hydrogens (tertiary/aromatic N) is 1. The third-order valence-corrected chi connectivity index (χ3v) is 1.76. The van der Waals surface area contributed by atoms with Gasteiger partial charge in [-0.2, -0.15) is 0 Å². The van der Waals surface area contributed by atoms with Crippen LogP contribution in [0.15, 0.2) is 18.5 Å². The fourth-order valence-electron chi connectivity index (χ4n) is 1.23. The molecule has 0 unspecified atom stereocenters. The summed E-state index contributed by atoms with van der Waals surface area (Å²) in [6.07, 6.45) is 4.55. The molecular formula is C10H17N3. The van der Waals surface area contributed by atoms with E-state index in [0.29, 0.717) is 12.6 Å². The molecule has 0 amide bonds. The number of nitrogens with two attached hydrogens (primary N) is 1. The molecule has 0 aromatic carbocycles. The van der Waals surface area contributed by atoms with Crippen molar-refractivity contribution in [1.82, 2.24) is 4.98 Å². The van der Waals surface area contributed by atoms with E-state index in [2.05, 4.69) is 24.1 Å². The standard InChI is InChI=1S/C10H17N3/c1-8(2)13-10-4-6-12-7-9(10)3-5-11/h4,6-8H,3,5,11H2,1-2H3,(H,12,13). The van der Waals surface area contributed by atoms with E-state index in [4.69, 9.17) is 5.73 Å². The minimum absolute atomic E-state index is 0.443. The molecule has 3 nitrogen and oxygen atoms in total. The first kappa shape index (κ1) is 9.99. The van der Waals surface area contributed by atoms with Gasteiger partial charge in [-0.05, 0) is 38.4 Å². The van der Waals surface area contributed by atoms with Crippen molar-refractivity contribution < 1.29 is 0 Å². The summed E-state index contributed by atoms with van der Waals surface area (Å²) in [5.74, 6) is 0. The van der Waals surface area contributed by atoms with Gasteiger partial charge in [-0.15, -0.1) is 0 Å². The van der Waals surface area contributed by atoms with E-state index in [1.165, 1.54) is 5.56 Å². The largest absolute Gasteiger partial charge is 0.383 e. The smallest absolute Gasteiger partial charge is 0.0406 e. The number of hydrogen-bond donors (Lipinski definition) is 2. The number of aromatic nitrogens is 1. The van der Waals surface area contributed by atoms with E-state index >= 15 is 0 Å². The predicted octanol–water partition coefficient (Wildman–Crippen LogP) is 1.40. The fourth-order valence-corrected chi connectivity index (χ4v) is 1.23. The van der Waals surface area contributed by atoms with Crippen molar-refractivity contribution in [2.45, 2.75) is 26.3 Å². The first-order valence-electron chi connectivity index (χ1n) is 4.63. The Morgan fingerprint density at radius 1 is 1.54 bits per heavy atom. The fraction of sp³-hybridized carbons (Fsp3) is 0.500. The topological polar surface area (TPSA) is 50.9 Å². The summed E-state index contributed by atoms with van der Waals surface area (Å²) >= 11 is 0. The molecule has 1 aromatic heterocycles. The first-order chi connectivity index (χ1) is 6.24. The summed E-state index contributed by atoms with van der Waals surface area (Å²) < 4.78 is 0. The number of nitrogens with one attached hydrogen (secondary N) is 1. The van der Waals surface area contributed by atoms with Crippen LogP contribution < -0.4 is 11.1 Å². The Morgan fingerprint density at radius 2 is 2.31 bits per heavy atom. The van der Waals surface area contributed by atoms with Crippen molar-refractivity contribution in [2.75, 3.05) is 11.9 Å². The number of anilines is 1. The highest BCUT2D eigenvalue weighted by Crippen LogP contribution is 2.14. The molecule has 0 saturated carbocycles. The lowest BCUT2D eigenvalue weighted by molar-refractivity contribution is 0.884. The minimum atomic E-state index is 0.443. The highest BCUT2D eigenvalue weighted by atomic mass is 14.9. The molecule has 0 aliphatic carbocycles. The molecule has 3 heteroatoms. The van der Waals surface area contributed by atoms with Crippen LogP contribution in [0.4, 0.5) is 5.69 Å². The lowest BCUT2D eigenvalue weighted by Gasteiger charge is -2.13. The van der Waals surface area contributed by atoms with Crippen LogP contribution in [0, 0.1) is 0 Å². The molecule has 1 heterocycles. The lowest BCUT2D eigenvalue weighted by atomic mass is 10.1. The van der Waals surface area contributed by atoms with Crippen LogP contribution in [-0.4, -0.2) is 17.6 Å². The van der Waals surface area contributed by atoms with Crippen molar-refractivity contribution in [3.05, 3.63) is 24.0 Å². The van der Waals surface area contributed by atoms with E-state index in [-0.39, 0.29) is 0 Å². The Bertz CT molecular complexity index is 258. The van der Waals surface area contributed by atoms with Gasteiger partial charge in [0, 0.05) is 24.1 Å². The molecule has 72 valence electrons. The van der Waals surface area contributed by atoms with E-state index in [0.717, 1.165) is 12.1 Å². The Balaban J connectivity index is 2.78. The zero-order valence-corrected chi connectivity index (χ0v) is 8.25. The third-order valence-electron chi connectivity index (χ3n) is 1.76. The first-order valence-corrected chi connectivity index (χ1v) is 4.63. The second-order valence-corrected chi connectivity index (χ2v) is 3.37. The van der Waals surface area contributed by atoms with Crippen LogP contribution in [0.3, 0.4) is 0 Å². The van der Waals surface area contributed by atoms with Crippen LogP contribution in [0.5, 0.6) is 0 Å². The van der Waals surface area contributed by atoms with Gasteiger partial charge in [-0.3, -0.25) is 4.98 Å². The summed E-state index contributed by atoms with van der Waals surface area (Å²) in [5.41, 5.74) is 7.85. The molecule has 0 bridgehead atoms. The number of hydrogen-bond acceptors (Lipinski definition) is 3. The van der Waals surface area contributed by atoms with Crippen molar-refractivity contribution in [1.29, 1.82) is 0 Å². The maximum absolute atomic E-state index is 5.50. The van der Waals surface area contributed by atoms with E-state index in [9.17, 15) is 0 Å². The SMILES string of the molecule is CC(C)Nc1ccncc1CCN. The second-order valence-electron chi connectivity index (χ2n) is 3.37. The van der Waals surface area contributed by atoms with Crippen LogP contribution >= 0.6 is 0 Å². The lowest BCUT2D eigenvalue weighted by Crippen LogP contribution is -2.13. The average molecular weight is 179 g/mol. The van der Waals surface area contributed by atoms with Gasteiger partial charge in [0.2, 0.25) is 0 Å². The maximum atomic E-state index is 5.50. The van der Waals surface area contributed by atoms with Gasteiger partial charge in [0.15, 0.2) is 0 Å². The Kier molecular flexibility index (Phi) is 3.71. The third kappa shape index (κ3) is 3.03. The highest BCUT2D eigenvalue weighted by Gasteiger charge is 2.01. The molecule has 0 radical (unpaired) electrons. The zero-order valence-electron chi connectivity index (χ0n) is 8.25. The number of pyridine rings is 1. The van der Waals surface area contributed by atoms with Crippen LogP contribution in [0.1, 0.15) is 19.4 Å². The highest BCUT2D eigenvalue weighted by molar-refractivity contribution is 5.50. The molecule has 0 aliphatic rings. The minimum Gasteiger partial charge on any atom is -0.383 e. The van der Waals surface area contributed by atoms with E-state index < -0.39 is 0 Å². The van der Waals surface area contributed by atoms with Crippen LogP contribution in [0.25, 0.3) is 0 Å². The molecule has 0 fully saturated rings. The summed E-state index contributed by atoms with van der Waals surface area (Å²) in [6, 6.07) is 2.43. The molecule has 1 aromatic rings. The quantitative estimate of drug-likeness (QED) is 0.734. The molecule has 13 heavy (non-hydrogen) atoms. The van der Waals surface area contributed by atoms with E-state index in [1.807, 2.05) is 12.3 Å². The summed E-state index contributed by atoms with van der Waals surface area (Å²) in [7, 11) is 0. The normalized spacial score (nSPS) is 10.5. The van der Waals surface area contributed by atoms with Crippen LogP contribution in [0.2, 0.25) is 0 Å². The Hall–Kier alpha value is -1.09. The zero-order chi connectivity index (χ0) is 9.68. The Labute approximate surface area is 79.4 Å². The molecule has 0 saturated heterocycles. The number of rotatable bonds is 4. The average Bonchev–Trinajstić information content (AvgIpc) is 2.08. The summed E-state index contributed by atoms with van der Waals surface area (Å²) in [6.45, 7) is 4.90. The predicted molar refractivity (Wildman–Crippen MR) is 55.8 cm³/mol. The molecule has 1 rings (SSSR count). The molecule has 0 atom stereocenters. The van der Waals surface area contributed by atoms with Crippen molar-refractivity contribution in [2.24, 2.45) is 5.73 Å². The van der Waals surface area contributed by atoms with Crippen molar-refractivity contribution >= 4 is 5.69 Å². The molecule has 0 spiro atoms. The van der Waals surface area contributed by atoms with Gasteiger partial charge in [0.1, 0.15) is 0 Å². The maximum Gasteiger partial charge on any atom is 0.0406 e. The monoisotopic (exact) mass is 179 g/mol. The summed E-state index contributed by atoms with van der Waals surface area (Å²) in [4.78, 5) is 4.08. The molecule has 0 aliphatic heterocycles. The van der Waals surface area contributed by atoms with Gasteiger partial charge in [-0.1, -0.05) is 0 Å². The van der Waals surface area contributed by atoms with E-state index in [1.54, 1.807) is 6.20 Å². The molecular weight excluding hydrogens is 162 g/mol. The van der Waals surface area contributed by atoms with Gasteiger partial charge in [-0.25, -0.2) is 0 Å². The van der Waals surface area contributed by atoms with Crippen molar-refractivity contribution in [3.8, 4) is 0 Å².